The molecular formula is C81H76N4O. The third-order valence-corrected chi connectivity index (χ3v) is 18.6. The van der Waals surface area contributed by atoms with Gasteiger partial charge in [-0.3, -0.25) is 4.57 Å². The summed E-state index contributed by atoms with van der Waals surface area (Å²) in [5.74, 6) is 3.05. The molecule has 86 heavy (non-hydrogen) atoms. The molecule has 10 aromatic carbocycles. The molecule has 0 aliphatic carbocycles. The SMILES string of the molecule is CC(C)c1cccc(C(C)C)c1-c1ccc2c(c1)N(c1cccc(Oc3ccc4c5cc(-c6ccccc6)ccc5n(-c5cc(C(C)(C)c6ccccc6)ccn5)c4c3)c1)CN2c1cc(C(C)(C)c2ccccc2)cc(C(C)(C)c2ccccc2)c1. The number of nitrogens with zero attached hydrogens (tertiary/aromatic N) is 4. The van der Waals surface area contributed by atoms with E-state index in [-0.39, 0.29) is 16.2 Å². The highest BCUT2D eigenvalue weighted by Crippen LogP contribution is 2.51. The Hall–Kier alpha value is -9.45. The molecule has 5 nitrogen and oxygen atoms in total. The Balaban J connectivity index is 0.937. The topological polar surface area (TPSA) is 33.5 Å². The first kappa shape index (κ1) is 55.7. The molecule has 0 bridgehead atoms. The van der Waals surface area contributed by atoms with Crippen molar-refractivity contribution in [3.8, 4) is 39.6 Å². The largest absolute Gasteiger partial charge is 0.457 e. The fourth-order valence-electron chi connectivity index (χ4n) is 13.2. The monoisotopic (exact) mass is 1120 g/mol. The molecule has 13 rings (SSSR count). The van der Waals surface area contributed by atoms with Crippen LogP contribution in [0.2, 0.25) is 0 Å². The second-order valence-corrected chi connectivity index (χ2v) is 25.7. The highest BCUT2D eigenvalue weighted by Gasteiger charge is 2.35. The molecule has 1 aliphatic rings. The van der Waals surface area contributed by atoms with Gasteiger partial charge in [-0.2, -0.15) is 0 Å². The first-order valence-electron chi connectivity index (χ1n) is 30.6. The van der Waals surface area contributed by atoms with Crippen LogP contribution >= 0.6 is 0 Å². The summed E-state index contributed by atoms with van der Waals surface area (Å²) < 4.78 is 9.41. The number of ether oxygens (including phenoxy) is 1. The molecule has 2 aromatic heterocycles. The van der Waals surface area contributed by atoms with Gasteiger partial charge < -0.3 is 14.5 Å². The molecule has 0 saturated heterocycles. The van der Waals surface area contributed by atoms with Crippen molar-refractivity contribution < 1.29 is 4.74 Å². The van der Waals surface area contributed by atoms with Crippen molar-refractivity contribution in [2.24, 2.45) is 0 Å². The van der Waals surface area contributed by atoms with E-state index < -0.39 is 0 Å². The number of fused-ring (bicyclic) bond motifs is 4. The van der Waals surface area contributed by atoms with Gasteiger partial charge in [0.1, 0.15) is 24.0 Å². The highest BCUT2D eigenvalue weighted by atomic mass is 16.5. The van der Waals surface area contributed by atoms with Gasteiger partial charge in [-0.1, -0.05) is 233 Å². The normalized spacial score (nSPS) is 12.9. The molecule has 5 heteroatoms. The third-order valence-electron chi connectivity index (χ3n) is 18.6. The lowest BCUT2D eigenvalue weighted by Gasteiger charge is -2.33. The van der Waals surface area contributed by atoms with Crippen LogP contribution in [0.15, 0.2) is 255 Å². The van der Waals surface area contributed by atoms with Crippen LogP contribution in [0.25, 0.3) is 49.9 Å². The summed E-state index contributed by atoms with van der Waals surface area (Å²) in [6.07, 6.45) is 1.96. The minimum atomic E-state index is -0.285. The Bertz CT molecular complexity index is 4350. The smallest absolute Gasteiger partial charge is 0.137 e. The van der Waals surface area contributed by atoms with Crippen molar-refractivity contribution in [3.05, 3.63) is 299 Å². The molecule has 1 aliphatic heterocycles. The van der Waals surface area contributed by atoms with E-state index in [1.54, 1.807) is 0 Å². The zero-order chi connectivity index (χ0) is 59.5. The number of anilines is 4. The van der Waals surface area contributed by atoms with Crippen LogP contribution in [0.5, 0.6) is 11.5 Å². The van der Waals surface area contributed by atoms with Gasteiger partial charge in [-0.15, -0.1) is 0 Å². The van der Waals surface area contributed by atoms with Crippen LogP contribution in [-0.4, -0.2) is 16.2 Å². The van der Waals surface area contributed by atoms with Crippen molar-refractivity contribution in [2.45, 2.75) is 97.3 Å². The van der Waals surface area contributed by atoms with Crippen LogP contribution in [0.1, 0.15) is 126 Å². The summed E-state index contributed by atoms with van der Waals surface area (Å²) in [5.41, 5.74) is 21.0. The highest BCUT2D eigenvalue weighted by molar-refractivity contribution is 6.11. The van der Waals surface area contributed by atoms with E-state index in [9.17, 15) is 0 Å². The van der Waals surface area contributed by atoms with Crippen molar-refractivity contribution in [2.75, 3.05) is 16.5 Å². The fourth-order valence-corrected chi connectivity index (χ4v) is 13.2. The van der Waals surface area contributed by atoms with Crippen molar-refractivity contribution >= 4 is 44.6 Å². The summed E-state index contributed by atoms with van der Waals surface area (Å²) in [5, 5.41) is 2.28. The molecule has 12 aromatic rings. The number of benzene rings is 10. The van der Waals surface area contributed by atoms with Gasteiger partial charge in [0, 0.05) is 56.7 Å². The molecule has 0 radical (unpaired) electrons. The van der Waals surface area contributed by atoms with Gasteiger partial charge in [-0.05, 0) is 151 Å². The lowest BCUT2D eigenvalue weighted by Crippen LogP contribution is -2.27. The molecule has 426 valence electrons. The van der Waals surface area contributed by atoms with Gasteiger partial charge in [0.2, 0.25) is 0 Å². The van der Waals surface area contributed by atoms with Crippen molar-refractivity contribution in [1.82, 2.24) is 9.55 Å². The zero-order valence-corrected chi connectivity index (χ0v) is 51.3. The maximum atomic E-state index is 7.10. The molecule has 0 unspecified atom stereocenters. The number of hydrogen-bond donors (Lipinski definition) is 0. The summed E-state index contributed by atoms with van der Waals surface area (Å²) in [6.45, 7) is 23.9. The predicted molar refractivity (Wildman–Crippen MR) is 362 cm³/mol. The molecule has 0 atom stereocenters. The van der Waals surface area contributed by atoms with E-state index in [0.717, 1.165) is 61.9 Å². The van der Waals surface area contributed by atoms with Crippen molar-refractivity contribution in [3.63, 3.8) is 0 Å². The van der Waals surface area contributed by atoms with Crippen LogP contribution in [0.4, 0.5) is 22.7 Å². The Morgan fingerprint density at radius 1 is 0.372 bits per heavy atom. The zero-order valence-electron chi connectivity index (χ0n) is 51.3. The summed E-state index contributed by atoms with van der Waals surface area (Å²) >= 11 is 0. The number of aromatic nitrogens is 2. The molecule has 0 fully saturated rings. The first-order chi connectivity index (χ1) is 41.5. The van der Waals surface area contributed by atoms with E-state index in [1.807, 2.05) is 6.20 Å². The van der Waals surface area contributed by atoms with E-state index >= 15 is 0 Å². The van der Waals surface area contributed by atoms with Gasteiger partial charge in [-0.25, -0.2) is 4.98 Å². The van der Waals surface area contributed by atoms with E-state index in [2.05, 4.69) is 332 Å². The third kappa shape index (κ3) is 10.1. The van der Waals surface area contributed by atoms with E-state index in [4.69, 9.17) is 9.72 Å². The van der Waals surface area contributed by atoms with Crippen LogP contribution in [0, 0.1) is 0 Å². The summed E-state index contributed by atoms with van der Waals surface area (Å²) in [7, 11) is 0. The summed E-state index contributed by atoms with van der Waals surface area (Å²) in [4.78, 5) is 10.1. The Labute approximate surface area is 508 Å². The molecular weight excluding hydrogens is 1040 g/mol. The summed E-state index contributed by atoms with van der Waals surface area (Å²) in [6, 6.07) is 91.1. The predicted octanol–water partition coefficient (Wildman–Crippen LogP) is 21.8. The number of rotatable bonds is 15. The molecule has 0 amide bonds. The fraction of sp³-hybridized carbons (Fsp3) is 0.198. The average Bonchev–Trinajstić information content (AvgIpc) is 1.96. The van der Waals surface area contributed by atoms with Gasteiger partial charge in [0.05, 0.1) is 22.4 Å². The standard InChI is InChI=1S/C81H76N4O/c1-54(2)69-35-24-36-70(55(3)4)78(69)58-38-42-74-76(46-58)83(53-84(74)66-48-63(80(7,8)60-29-19-13-20-30-60)47-64(49-66)81(9,10)61-31-21-14-22-32-61)65-33-23-34-67(51-65)86-68-39-40-71-72-45-57(56-25-15-11-16-26-56)37-41-73(72)85(75(71)52-68)77-50-62(43-44-82-77)79(5,6)59-27-17-12-18-28-59/h11-52,54-55H,53H2,1-10H3. The van der Waals surface area contributed by atoms with E-state index in [0.29, 0.717) is 18.5 Å². The lowest BCUT2D eigenvalue weighted by atomic mass is 9.73. The van der Waals surface area contributed by atoms with Crippen LogP contribution in [0.3, 0.4) is 0 Å². The molecule has 3 heterocycles. The maximum absolute atomic E-state index is 7.10. The minimum absolute atomic E-state index is 0.257. The maximum Gasteiger partial charge on any atom is 0.137 e. The van der Waals surface area contributed by atoms with Crippen molar-refractivity contribution in [1.29, 1.82) is 0 Å². The molecule has 0 N–H and O–H groups in total. The Morgan fingerprint density at radius 3 is 1.52 bits per heavy atom. The second kappa shape index (κ2) is 22.2. The number of pyridine rings is 1. The van der Waals surface area contributed by atoms with Crippen LogP contribution in [-0.2, 0) is 16.2 Å². The molecule has 0 spiro atoms. The van der Waals surface area contributed by atoms with Gasteiger partial charge in [0.25, 0.3) is 0 Å². The minimum Gasteiger partial charge on any atom is -0.457 e. The first-order valence-corrected chi connectivity index (χ1v) is 30.6. The van der Waals surface area contributed by atoms with E-state index in [1.165, 1.54) is 66.8 Å². The quantitative estimate of drug-likeness (QED) is 0.102. The van der Waals surface area contributed by atoms with Gasteiger partial charge >= 0.3 is 0 Å². The number of hydrogen-bond acceptors (Lipinski definition) is 4. The Morgan fingerprint density at radius 2 is 0.919 bits per heavy atom. The molecule has 0 saturated carbocycles. The average molecular weight is 1120 g/mol. The lowest BCUT2D eigenvalue weighted by molar-refractivity contribution is 0.483. The van der Waals surface area contributed by atoms with Crippen LogP contribution < -0.4 is 14.5 Å². The second-order valence-electron chi connectivity index (χ2n) is 25.7. The van der Waals surface area contributed by atoms with Gasteiger partial charge in [0.15, 0.2) is 0 Å². The Kier molecular flexibility index (Phi) is 14.4.